The van der Waals surface area contributed by atoms with Crippen molar-refractivity contribution in [2.45, 2.75) is 5.37 Å². The van der Waals surface area contributed by atoms with Crippen LogP contribution in [-0.2, 0) is 4.79 Å². The van der Waals surface area contributed by atoms with E-state index in [1.807, 2.05) is 59.5 Å². The highest BCUT2D eigenvalue weighted by atomic mass is 32.2. The van der Waals surface area contributed by atoms with Gasteiger partial charge in [0.25, 0.3) is 0 Å². The molecule has 11 nitrogen and oxygen atoms in total. The number of carbonyl (C=O) groups is 1. The number of likely N-dealkylation sites (N-methyl/N-ethyl adjacent to an activating group) is 1. The third-order valence-corrected chi connectivity index (χ3v) is 8.34. The summed E-state index contributed by atoms with van der Waals surface area (Å²) < 4.78 is 11.2. The number of nitriles is 1. The minimum Gasteiger partial charge on any atom is -0.497 e. The molecule has 12 heteroatoms. The van der Waals surface area contributed by atoms with Crippen molar-refractivity contribution in [1.29, 1.82) is 5.26 Å². The van der Waals surface area contributed by atoms with Gasteiger partial charge in [0.1, 0.15) is 17.2 Å². The second-order valence-electron chi connectivity index (χ2n) is 9.88. The van der Waals surface area contributed by atoms with E-state index in [-0.39, 0.29) is 23.2 Å². The summed E-state index contributed by atoms with van der Waals surface area (Å²) in [6, 6.07) is 20.8. The smallest absolute Gasteiger partial charge is 0.328 e. The van der Waals surface area contributed by atoms with Crippen LogP contribution in [0.15, 0.2) is 66.9 Å². The van der Waals surface area contributed by atoms with Gasteiger partial charge in [-0.15, -0.1) is 11.8 Å². The van der Waals surface area contributed by atoms with Gasteiger partial charge in [-0.05, 0) is 55.1 Å². The molecule has 4 heterocycles. The van der Waals surface area contributed by atoms with E-state index in [4.69, 9.17) is 19.7 Å². The molecule has 1 unspecified atom stereocenters. The van der Waals surface area contributed by atoms with Crippen LogP contribution in [0, 0.1) is 11.3 Å². The highest BCUT2D eigenvalue weighted by molar-refractivity contribution is 8.00. The van der Waals surface area contributed by atoms with E-state index in [0.717, 1.165) is 48.7 Å². The zero-order chi connectivity index (χ0) is 29.1. The van der Waals surface area contributed by atoms with Crippen LogP contribution in [0.4, 0.5) is 11.6 Å². The van der Waals surface area contributed by atoms with Crippen molar-refractivity contribution in [3.63, 3.8) is 0 Å². The van der Waals surface area contributed by atoms with Crippen LogP contribution in [0.25, 0.3) is 11.4 Å². The van der Waals surface area contributed by atoms with Crippen molar-refractivity contribution >= 4 is 29.3 Å². The molecule has 0 bridgehead atoms. The highest BCUT2D eigenvalue weighted by Gasteiger charge is 2.34. The van der Waals surface area contributed by atoms with Gasteiger partial charge < -0.3 is 19.3 Å². The Bertz CT molecular complexity index is 1600. The quantitative estimate of drug-likeness (QED) is 0.314. The van der Waals surface area contributed by atoms with Crippen molar-refractivity contribution in [2.24, 2.45) is 0 Å². The minimum absolute atomic E-state index is 0.0525. The van der Waals surface area contributed by atoms with Gasteiger partial charge >= 0.3 is 6.01 Å². The van der Waals surface area contributed by atoms with Gasteiger partial charge in [-0.3, -0.25) is 9.69 Å². The number of anilines is 2. The van der Waals surface area contributed by atoms with E-state index >= 15 is 0 Å². The molecule has 0 spiro atoms. The zero-order valence-electron chi connectivity index (χ0n) is 23.2. The summed E-state index contributed by atoms with van der Waals surface area (Å²) >= 11 is 1.60. The number of methoxy groups -OCH3 is 1. The fraction of sp³-hybridized carbons (Fsp3) is 0.267. The van der Waals surface area contributed by atoms with Gasteiger partial charge in [-0.2, -0.15) is 20.2 Å². The second-order valence-corrected chi connectivity index (χ2v) is 10.9. The molecule has 0 saturated carbocycles. The predicted octanol–water partition coefficient (Wildman–Crippen LogP) is 4.14. The first kappa shape index (κ1) is 27.4. The van der Waals surface area contributed by atoms with Gasteiger partial charge in [0, 0.05) is 49.7 Å². The molecule has 0 N–H and O–H groups in total. The molecular weight excluding hydrogens is 552 g/mol. The number of benzene rings is 2. The van der Waals surface area contributed by atoms with Crippen LogP contribution < -0.4 is 19.3 Å². The molecule has 2 aromatic heterocycles. The Morgan fingerprint density at radius 3 is 2.38 bits per heavy atom. The number of ether oxygens (including phenoxy) is 2. The topological polar surface area (TPSA) is 121 Å². The molecule has 2 aliphatic rings. The average molecular weight is 581 g/mol. The Kier molecular flexibility index (Phi) is 7.85. The van der Waals surface area contributed by atoms with Crippen molar-refractivity contribution in [3.05, 3.63) is 78.0 Å². The van der Waals surface area contributed by atoms with E-state index < -0.39 is 0 Å². The maximum absolute atomic E-state index is 12.9. The summed E-state index contributed by atoms with van der Waals surface area (Å²) in [6.45, 7) is 3.32. The molecule has 2 aromatic carbocycles. The Morgan fingerprint density at radius 1 is 0.952 bits per heavy atom. The predicted molar refractivity (Wildman–Crippen MR) is 160 cm³/mol. The molecule has 2 aliphatic heterocycles. The van der Waals surface area contributed by atoms with Crippen LogP contribution in [0.5, 0.6) is 17.6 Å². The number of rotatable bonds is 7. The fourth-order valence-electron chi connectivity index (χ4n) is 4.76. The summed E-state index contributed by atoms with van der Waals surface area (Å²) in [5, 5.41) is 8.95. The number of hydrogen-bond donors (Lipinski definition) is 0. The Balaban J connectivity index is 1.30. The minimum atomic E-state index is -0.129. The standard InChI is InChI=1S/C30H28N8O3S/c1-36-13-15-37(16-14-36)29-33-27(34-30(35-29)41-25-12-3-20(17-31)18-32-25)21-4-8-23(9-5-21)38-26(39)19-42-28(38)22-6-10-24(40-2)11-7-22/h3-12,18,28H,13-16,19H2,1-2H3. The van der Waals surface area contributed by atoms with Crippen LogP contribution in [0.1, 0.15) is 16.5 Å². The lowest BCUT2D eigenvalue weighted by Gasteiger charge is -2.32. The first-order chi connectivity index (χ1) is 20.5. The number of thioether (sulfide) groups is 1. The molecule has 42 heavy (non-hydrogen) atoms. The molecule has 2 fully saturated rings. The summed E-state index contributed by atoms with van der Waals surface area (Å²) in [5.41, 5.74) is 3.01. The lowest BCUT2D eigenvalue weighted by molar-refractivity contribution is -0.115. The Labute approximate surface area is 247 Å². The molecule has 6 rings (SSSR count). The highest BCUT2D eigenvalue weighted by Crippen LogP contribution is 2.42. The lowest BCUT2D eigenvalue weighted by atomic mass is 10.1. The van der Waals surface area contributed by atoms with Crippen LogP contribution >= 0.6 is 11.8 Å². The number of amides is 1. The first-order valence-electron chi connectivity index (χ1n) is 13.4. The van der Waals surface area contributed by atoms with Crippen molar-refractivity contribution in [3.8, 4) is 35.1 Å². The Morgan fingerprint density at radius 2 is 1.71 bits per heavy atom. The number of carbonyl (C=O) groups excluding carboxylic acids is 1. The van der Waals surface area contributed by atoms with Crippen molar-refractivity contribution in [1.82, 2.24) is 24.8 Å². The molecule has 0 radical (unpaired) electrons. The van der Waals surface area contributed by atoms with Gasteiger partial charge in [0.05, 0.1) is 18.4 Å². The molecule has 4 aromatic rings. The fourth-order valence-corrected chi connectivity index (χ4v) is 5.94. The van der Waals surface area contributed by atoms with Gasteiger partial charge in [-0.1, -0.05) is 12.1 Å². The van der Waals surface area contributed by atoms with Gasteiger partial charge in [0.2, 0.25) is 17.7 Å². The summed E-state index contributed by atoms with van der Waals surface area (Å²) in [7, 11) is 3.72. The number of nitrogens with zero attached hydrogens (tertiary/aromatic N) is 8. The van der Waals surface area contributed by atoms with Crippen LogP contribution in [-0.4, -0.2) is 76.8 Å². The molecule has 212 valence electrons. The molecular formula is C30H28N8O3S. The summed E-state index contributed by atoms with van der Waals surface area (Å²) in [5.74, 6) is 2.48. The second kappa shape index (κ2) is 12.0. The maximum atomic E-state index is 12.9. The van der Waals surface area contributed by atoms with Crippen molar-refractivity contribution in [2.75, 3.05) is 55.9 Å². The SMILES string of the molecule is COc1ccc(C2SCC(=O)N2c2ccc(-c3nc(Oc4ccc(C#N)cn4)nc(N4CCN(C)CC4)n3)cc2)cc1. The van der Waals surface area contributed by atoms with Crippen LogP contribution in [0.3, 0.4) is 0 Å². The monoisotopic (exact) mass is 580 g/mol. The molecule has 0 aliphatic carbocycles. The summed E-state index contributed by atoms with van der Waals surface area (Å²) in [4.78, 5) is 37.3. The molecule has 2 saturated heterocycles. The maximum Gasteiger partial charge on any atom is 0.328 e. The molecule has 1 amide bonds. The number of pyridine rings is 1. The Hall–Kier alpha value is -4.73. The lowest BCUT2D eigenvalue weighted by Crippen LogP contribution is -2.45. The van der Waals surface area contributed by atoms with Gasteiger partial charge in [-0.25, -0.2) is 4.98 Å². The van der Waals surface area contributed by atoms with Gasteiger partial charge in [0.15, 0.2) is 5.82 Å². The van der Waals surface area contributed by atoms with E-state index in [1.54, 1.807) is 31.0 Å². The van der Waals surface area contributed by atoms with E-state index in [2.05, 4.69) is 31.8 Å². The van der Waals surface area contributed by atoms with Crippen LogP contribution in [0.2, 0.25) is 0 Å². The zero-order valence-corrected chi connectivity index (χ0v) is 24.0. The van der Waals surface area contributed by atoms with E-state index in [9.17, 15) is 4.79 Å². The normalized spacial score (nSPS) is 17.3. The van der Waals surface area contributed by atoms with Crippen molar-refractivity contribution < 1.29 is 14.3 Å². The third-order valence-electron chi connectivity index (χ3n) is 7.12. The van der Waals surface area contributed by atoms with E-state index in [0.29, 0.717) is 23.1 Å². The largest absolute Gasteiger partial charge is 0.497 e. The average Bonchev–Trinajstić information content (AvgIpc) is 3.42. The third kappa shape index (κ3) is 5.83. The molecule has 1 atom stereocenters. The number of hydrogen-bond acceptors (Lipinski definition) is 11. The number of aromatic nitrogens is 4. The number of piperazine rings is 1. The van der Waals surface area contributed by atoms with E-state index in [1.165, 1.54) is 6.20 Å². The first-order valence-corrected chi connectivity index (χ1v) is 14.5. The summed E-state index contributed by atoms with van der Waals surface area (Å²) in [6.07, 6.45) is 1.44.